The summed E-state index contributed by atoms with van der Waals surface area (Å²) in [7, 11) is 0. The van der Waals surface area contributed by atoms with Crippen LogP contribution in [0.1, 0.15) is 11.1 Å². The second kappa shape index (κ2) is 9.04. The number of benzene rings is 2. The van der Waals surface area contributed by atoms with E-state index in [4.69, 9.17) is 27.9 Å². The molecular weight excluding hydrogens is 423 g/mol. The van der Waals surface area contributed by atoms with Gasteiger partial charge in [-0.25, -0.2) is 0 Å². The highest BCUT2D eigenvalue weighted by Crippen LogP contribution is 2.27. The first-order valence-corrected chi connectivity index (χ1v) is 10.4. The molecule has 0 aliphatic carbocycles. The van der Waals surface area contributed by atoms with E-state index >= 15 is 0 Å². The van der Waals surface area contributed by atoms with Crippen LogP contribution in [0.15, 0.2) is 36.4 Å². The highest BCUT2D eigenvalue weighted by Gasteiger charge is 2.17. The van der Waals surface area contributed by atoms with Crippen LogP contribution in [-0.4, -0.2) is 41.3 Å². The third-order valence-electron chi connectivity index (χ3n) is 4.73. The third kappa shape index (κ3) is 4.92. The molecule has 7 nitrogen and oxygen atoms in total. The van der Waals surface area contributed by atoms with Crippen molar-refractivity contribution in [1.82, 2.24) is 15.0 Å². The van der Waals surface area contributed by atoms with Gasteiger partial charge in [0.05, 0.1) is 23.3 Å². The molecule has 1 aromatic heterocycles. The molecular formula is C21H22Cl2N6O. The number of hydrogen-bond acceptors (Lipinski definition) is 7. The molecule has 1 aliphatic heterocycles. The topological polar surface area (TPSA) is 75.2 Å². The van der Waals surface area contributed by atoms with E-state index in [2.05, 4.69) is 55.6 Å². The summed E-state index contributed by atoms with van der Waals surface area (Å²) in [6.45, 7) is 6.81. The molecule has 30 heavy (non-hydrogen) atoms. The summed E-state index contributed by atoms with van der Waals surface area (Å²) < 4.78 is 5.45. The van der Waals surface area contributed by atoms with Crippen LogP contribution < -0.4 is 15.5 Å². The summed E-state index contributed by atoms with van der Waals surface area (Å²) in [6, 6.07) is 11.5. The minimum atomic E-state index is 0.415. The Hall–Kier alpha value is -2.61. The smallest absolute Gasteiger partial charge is 0.233 e. The van der Waals surface area contributed by atoms with Crippen LogP contribution in [-0.2, 0) is 4.74 Å². The van der Waals surface area contributed by atoms with E-state index in [0.29, 0.717) is 41.1 Å². The molecule has 3 aromatic rings. The van der Waals surface area contributed by atoms with Gasteiger partial charge in [-0.3, -0.25) is 0 Å². The van der Waals surface area contributed by atoms with Gasteiger partial charge in [0.15, 0.2) is 0 Å². The van der Waals surface area contributed by atoms with Crippen molar-refractivity contribution in [2.45, 2.75) is 13.8 Å². The van der Waals surface area contributed by atoms with Crippen molar-refractivity contribution in [3.63, 3.8) is 0 Å². The van der Waals surface area contributed by atoms with Gasteiger partial charge in [-0.05, 0) is 49.2 Å². The van der Waals surface area contributed by atoms with Crippen molar-refractivity contribution >= 4 is 52.4 Å². The lowest BCUT2D eigenvalue weighted by Crippen LogP contribution is -2.37. The fourth-order valence-corrected chi connectivity index (χ4v) is 3.37. The molecule has 0 atom stereocenters. The van der Waals surface area contributed by atoms with E-state index in [0.717, 1.165) is 35.6 Å². The molecule has 0 spiro atoms. The number of halogens is 2. The predicted octanol–water partition coefficient (Wildman–Crippen LogP) is 5.12. The van der Waals surface area contributed by atoms with Crippen LogP contribution in [0.3, 0.4) is 0 Å². The van der Waals surface area contributed by atoms with E-state index in [1.165, 1.54) is 0 Å². The van der Waals surface area contributed by atoms with Crippen molar-refractivity contribution in [1.29, 1.82) is 0 Å². The van der Waals surface area contributed by atoms with Gasteiger partial charge in [0.1, 0.15) is 0 Å². The van der Waals surface area contributed by atoms with Crippen LogP contribution in [0.4, 0.5) is 29.2 Å². The van der Waals surface area contributed by atoms with Crippen molar-refractivity contribution < 1.29 is 4.74 Å². The van der Waals surface area contributed by atoms with Crippen molar-refractivity contribution in [3.8, 4) is 0 Å². The summed E-state index contributed by atoms with van der Waals surface area (Å²) >= 11 is 12.2. The van der Waals surface area contributed by atoms with Gasteiger partial charge in [0, 0.05) is 24.5 Å². The average Bonchev–Trinajstić information content (AvgIpc) is 2.74. The summed E-state index contributed by atoms with van der Waals surface area (Å²) in [5, 5.41) is 7.48. The van der Waals surface area contributed by atoms with E-state index in [1.54, 1.807) is 12.1 Å². The first-order chi connectivity index (χ1) is 14.5. The molecule has 0 amide bonds. The minimum absolute atomic E-state index is 0.415. The molecule has 0 saturated carbocycles. The Balaban J connectivity index is 1.68. The molecule has 1 aliphatic rings. The molecule has 2 aromatic carbocycles. The Labute approximate surface area is 185 Å². The fraction of sp³-hybridized carbons (Fsp3) is 0.286. The van der Waals surface area contributed by atoms with Crippen LogP contribution >= 0.6 is 23.2 Å². The maximum Gasteiger partial charge on any atom is 0.233 e. The van der Waals surface area contributed by atoms with E-state index in [-0.39, 0.29) is 0 Å². The molecule has 0 unspecified atom stereocenters. The molecule has 4 rings (SSSR count). The van der Waals surface area contributed by atoms with E-state index in [1.807, 2.05) is 13.0 Å². The van der Waals surface area contributed by atoms with Crippen LogP contribution in [0, 0.1) is 13.8 Å². The van der Waals surface area contributed by atoms with Gasteiger partial charge in [0.25, 0.3) is 0 Å². The summed E-state index contributed by atoms with van der Waals surface area (Å²) in [5.41, 5.74) is 3.95. The maximum atomic E-state index is 6.14. The lowest BCUT2D eigenvalue weighted by atomic mass is 10.1. The second-order valence-electron chi connectivity index (χ2n) is 7.08. The number of nitrogens with one attached hydrogen (secondary N) is 2. The van der Waals surface area contributed by atoms with E-state index in [9.17, 15) is 0 Å². The molecule has 0 bridgehead atoms. The SMILES string of the molecule is Cc1ccc(C)c(Nc2nc(Nc3ccc(Cl)c(Cl)c3)nc(N3CCOCC3)n2)c1. The molecule has 1 fully saturated rings. The first-order valence-electron chi connectivity index (χ1n) is 9.63. The Morgan fingerprint density at radius 3 is 2.33 bits per heavy atom. The van der Waals surface area contributed by atoms with Gasteiger partial charge in [-0.2, -0.15) is 15.0 Å². The average molecular weight is 445 g/mol. The van der Waals surface area contributed by atoms with Gasteiger partial charge in [-0.15, -0.1) is 0 Å². The quantitative estimate of drug-likeness (QED) is 0.565. The number of aryl methyl sites for hydroxylation is 2. The summed E-state index contributed by atoms with van der Waals surface area (Å²) in [4.78, 5) is 15.9. The zero-order valence-electron chi connectivity index (χ0n) is 16.7. The number of morpholine rings is 1. The highest BCUT2D eigenvalue weighted by atomic mass is 35.5. The number of anilines is 5. The van der Waals surface area contributed by atoms with Gasteiger partial charge >= 0.3 is 0 Å². The van der Waals surface area contributed by atoms with Crippen LogP contribution in [0.25, 0.3) is 0 Å². The summed E-state index contributed by atoms with van der Waals surface area (Å²) in [6.07, 6.45) is 0. The number of nitrogens with zero attached hydrogens (tertiary/aromatic N) is 4. The van der Waals surface area contributed by atoms with Gasteiger partial charge in [-0.1, -0.05) is 35.3 Å². The maximum absolute atomic E-state index is 6.14. The zero-order valence-corrected chi connectivity index (χ0v) is 18.3. The normalized spacial score (nSPS) is 13.9. The second-order valence-corrected chi connectivity index (χ2v) is 7.89. The lowest BCUT2D eigenvalue weighted by Gasteiger charge is -2.27. The Kier molecular flexibility index (Phi) is 6.22. The van der Waals surface area contributed by atoms with Gasteiger partial charge in [0.2, 0.25) is 17.8 Å². The van der Waals surface area contributed by atoms with Gasteiger partial charge < -0.3 is 20.3 Å². The van der Waals surface area contributed by atoms with Crippen LogP contribution in [0.5, 0.6) is 0 Å². The monoisotopic (exact) mass is 444 g/mol. The van der Waals surface area contributed by atoms with E-state index < -0.39 is 0 Å². The molecule has 0 radical (unpaired) electrons. The Bertz CT molecular complexity index is 1060. The number of hydrogen-bond donors (Lipinski definition) is 2. The largest absolute Gasteiger partial charge is 0.378 e. The zero-order chi connectivity index (χ0) is 21.1. The Morgan fingerprint density at radius 1 is 0.867 bits per heavy atom. The number of aromatic nitrogens is 3. The third-order valence-corrected chi connectivity index (χ3v) is 5.47. The summed E-state index contributed by atoms with van der Waals surface area (Å²) in [5.74, 6) is 1.46. The highest BCUT2D eigenvalue weighted by molar-refractivity contribution is 6.42. The minimum Gasteiger partial charge on any atom is -0.378 e. The predicted molar refractivity (Wildman–Crippen MR) is 122 cm³/mol. The number of ether oxygens (including phenoxy) is 1. The molecule has 1 saturated heterocycles. The lowest BCUT2D eigenvalue weighted by molar-refractivity contribution is 0.122. The first kappa shape index (κ1) is 20.7. The molecule has 2 N–H and O–H groups in total. The van der Waals surface area contributed by atoms with Crippen molar-refractivity contribution in [3.05, 3.63) is 57.6 Å². The fourth-order valence-electron chi connectivity index (χ4n) is 3.08. The number of rotatable bonds is 5. The molecule has 2 heterocycles. The van der Waals surface area contributed by atoms with Crippen molar-refractivity contribution in [2.75, 3.05) is 41.8 Å². The molecule has 9 heteroatoms. The van der Waals surface area contributed by atoms with Crippen molar-refractivity contribution in [2.24, 2.45) is 0 Å². The van der Waals surface area contributed by atoms with Crippen LogP contribution in [0.2, 0.25) is 10.0 Å². The molecule has 156 valence electrons. The Morgan fingerprint density at radius 2 is 1.60 bits per heavy atom. The standard InChI is InChI=1S/C21H22Cl2N6O/c1-13-3-4-14(2)18(11-13)25-20-26-19(24-15-5-6-16(22)17(23)12-15)27-21(28-20)29-7-9-30-10-8-29/h3-6,11-12H,7-10H2,1-2H3,(H2,24,25,26,27,28).